The number of esters is 1. The van der Waals surface area contributed by atoms with Crippen molar-refractivity contribution in [1.82, 2.24) is 19.6 Å². The highest BCUT2D eigenvalue weighted by atomic mass is 16.6. The summed E-state index contributed by atoms with van der Waals surface area (Å²) in [6.45, 7) is 5.20. The topological polar surface area (TPSA) is 76.9 Å². The molecular weight excluding hydrogens is 420 g/mol. The molecule has 0 saturated carbocycles. The van der Waals surface area contributed by atoms with Crippen LogP contribution in [-0.2, 0) is 16.1 Å². The summed E-state index contributed by atoms with van der Waals surface area (Å²) in [5, 5.41) is 4.31. The van der Waals surface area contributed by atoms with E-state index in [9.17, 15) is 9.59 Å². The van der Waals surface area contributed by atoms with Crippen LogP contribution >= 0.6 is 0 Å². The minimum Gasteiger partial charge on any atom is -0.493 e. The summed E-state index contributed by atoms with van der Waals surface area (Å²) in [6.07, 6.45) is 0.703. The van der Waals surface area contributed by atoms with Crippen LogP contribution in [0.25, 0.3) is 5.69 Å². The SMILES string of the molecule is COc1cn(-c2ccccc2)nc1C(=O)O[C@@H](C)C(=O)N1CCN(Cc2ccccc2)CC1. The van der Waals surface area contributed by atoms with Gasteiger partial charge in [-0.3, -0.25) is 9.69 Å². The maximum absolute atomic E-state index is 12.9. The van der Waals surface area contributed by atoms with Crippen LogP contribution in [0.4, 0.5) is 0 Å². The van der Waals surface area contributed by atoms with E-state index in [1.54, 1.807) is 22.7 Å². The lowest BCUT2D eigenvalue weighted by Crippen LogP contribution is -2.51. The van der Waals surface area contributed by atoms with Crippen LogP contribution < -0.4 is 4.74 Å². The Balaban J connectivity index is 1.33. The molecule has 1 aromatic heterocycles. The number of benzene rings is 2. The van der Waals surface area contributed by atoms with E-state index in [1.165, 1.54) is 12.7 Å². The molecule has 33 heavy (non-hydrogen) atoms. The number of methoxy groups -OCH3 is 1. The molecule has 1 amide bonds. The molecule has 8 nitrogen and oxygen atoms in total. The molecule has 2 heterocycles. The standard InChI is InChI=1S/C25H28N4O4/c1-19(24(30)28-15-13-27(14-16-28)17-20-9-5-3-6-10-20)33-25(31)23-22(32-2)18-29(26-23)21-11-7-4-8-12-21/h3-12,18-19H,13-17H2,1-2H3/t19-/m0/s1. The summed E-state index contributed by atoms with van der Waals surface area (Å²) in [4.78, 5) is 29.7. The Morgan fingerprint density at radius 2 is 1.61 bits per heavy atom. The van der Waals surface area contributed by atoms with Crippen LogP contribution in [0.3, 0.4) is 0 Å². The normalized spacial score (nSPS) is 15.2. The van der Waals surface area contributed by atoms with Crippen LogP contribution in [0.15, 0.2) is 66.9 Å². The predicted molar refractivity (Wildman–Crippen MR) is 123 cm³/mol. The first kappa shape index (κ1) is 22.5. The van der Waals surface area contributed by atoms with Crippen molar-refractivity contribution in [2.24, 2.45) is 0 Å². The lowest BCUT2D eigenvalue weighted by Gasteiger charge is -2.35. The maximum Gasteiger partial charge on any atom is 0.363 e. The molecular formula is C25H28N4O4. The van der Waals surface area contributed by atoms with Crippen molar-refractivity contribution in [3.63, 3.8) is 0 Å². The van der Waals surface area contributed by atoms with Gasteiger partial charge in [-0.25, -0.2) is 9.48 Å². The molecule has 3 aromatic rings. The Morgan fingerprint density at radius 1 is 0.970 bits per heavy atom. The van der Waals surface area contributed by atoms with E-state index in [-0.39, 0.29) is 17.4 Å². The number of piperazine rings is 1. The number of amides is 1. The molecule has 0 unspecified atom stereocenters. The summed E-state index contributed by atoms with van der Waals surface area (Å²) in [6, 6.07) is 19.7. The van der Waals surface area contributed by atoms with Crippen molar-refractivity contribution in [2.45, 2.75) is 19.6 Å². The zero-order valence-corrected chi connectivity index (χ0v) is 18.9. The van der Waals surface area contributed by atoms with Crippen LogP contribution in [0.5, 0.6) is 5.75 Å². The highest BCUT2D eigenvalue weighted by molar-refractivity contribution is 5.93. The number of carbonyl (C=O) groups is 2. The molecule has 1 atom stereocenters. The predicted octanol–water partition coefficient (Wildman–Crippen LogP) is 2.77. The van der Waals surface area contributed by atoms with E-state index in [4.69, 9.17) is 9.47 Å². The molecule has 2 aromatic carbocycles. The third-order valence-electron chi connectivity index (χ3n) is 5.68. The van der Waals surface area contributed by atoms with Gasteiger partial charge in [0.15, 0.2) is 11.9 Å². The second-order valence-electron chi connectivity index (χ2n) is 7.96. The lowest BCUT2D eigenvalue weighted by atomic mass is 10.2. The summed E-state index contributed by atoms with van der Waals surface area (Å²) in [7, 11) is 1.46. The zero-order chi connectivity index (χ0) is 23.2. The van der Waals surface area contributed by atoms with Gasteiger partial charge in [-0.2, -0.15) is 5.10 Å². The molecule has 0 N–H and O–H groups in total. The molecule has 0 spiro atoms. The summed E-state index contributed by atoms with van der Waals surface area (Å²) < 4.78 is 12.3. The quantitative estimate of drug-likeness (QED) is 0.518. The van der Waals surface area contributed by atoms with Gasteiger partial charge in [0.25, 0.3) is 5.91 Å². The molecule has 1 fully saturated rings. The Kier molecular flexibility index (Phi) is 7.04. The maximum atomic E-state index is 12.9. The number of para-hydroxylation sites is 1. The molecule has 0 radical (unpaired) electrons. The molecule has 1 aliphatic rings. The molecule has 0 bridgehead atoms. The number of hydrogen-bond acceptors (Lipinski definition) is 6. The van der Waals surface area contributed by atoms with E-state index in [0.717, 1.165) is 25.3 Å². The highest BCUT2D eigenvalue weighted by Crippen LogP contribution is 2.21. The number of aromatic nitrogens is 2. The second kappa shape index (κ2) is 10.3. The van der Waals surface area contributed by atoms with Gasteiger partial charge in [-0.15, -0.1) is 0 Å². The Hall–Kier alpha value is -3.65. The van der Waals surface area contributed by atoms with Crippen molar-refractivity contribution in [2.75, 3.05) is 33.3 Å². The number of ether oxygens (including phenoxy) is 2. The second-order valence-corrected chi connectivity index (χ2v) is 7.96. The van der Waals surface area contributed by atoms with Gasteiger partial charge in [0.1, 0.15) is 0 Å². The number of carbonyl (C=O) groups excluding carboxylic acids is 2. The summed E-state index contributed by atoms with van der Waals surface area (Å²) in [5.41, 5.74) is 2.07. The fourth-order valence-electron chi connectivity index (χ4n) is 3.85. The van der Waals surface area contributed by atoms with Crippen LogP contribution in [0, 0.1) is 0 Å². The van der Waals surface area contributed by atoms with Crippen molar-refractivity contribution >= 4 is 11.9 Å². The van der Waals surface area contributed by atoms with Crippen molar-refractivity contribution in [3.05, 3.63) is 78.1 Å². The van der Waals surface area contributed by atoms with E-state index in [2.05, 4.69) is 22.1 Å². The minimum absolute atomic E-state index is 0.0358. The third kappa shape index (κ3) is 5.40. The lowest BCUT2D eigenvalue weighted by molar-refractivity contribution is -0.141. The van der Waals surface area contributed by atoms with Crippen LogP contribution in [0.2, 0.25) is 0 Å². The Morgan fingerprint density at radius 3 is 2.24 bits per heavy atom. The van der Waals surface area contributed by atoms with Crippen molar-refractivity contribution in [3.8, 4) is 11.4 Å². The average molecular weight is 449 g/mol. The minimum atomic E-state index is -0.912. The molecule has 1 aliphatic heterocycles. The Bertz CT molecular complexity index is 1080. The van der Waals surface area contributed by atoms with Gasteiger partial charge in [-0.1, -0.05) is 48.5 Å². The summed E-state index contributed by atoms with van der Waals surface area (Å²) >= 11 is 0. The van der Waals surface area contributed by atoms with E-state index < -0.39 is 12.1 Å². The van der Waals surface area contributed by atoms with Crippen molar-refractivity contribution in [1.29, 1.82) is 0 Å². The fraction of sp³-hybridized carbons (Fsp3) is 0.320. The van der Waals surface area contributed by atoms with E-state index >= 15 is 0 Å². The molecule has 4 rings (SSSR count). The highest BCUT2D eigenvalue weighted by Gasteiger charge is 2.29. The number of nitrogens with zero attached hydrogens (tertiary/aromatic N) is 4. The van der Waals surface area contributed by atoms with Gasteiger partial charge in [0.05, 0.1) is 19.0 Å². The first-order chi connectivity index (χ1) is 16.0. The number of rotatable bonds is 7. The van der Waals surface area contributed by atoms with Gasteiger partial charge in [0, 0.05) is 32.7 Å². The molecule has 8 heteroatoms. The molecule has 0 aliphatic carbocycles. The van der Waals surface area contributed by atoms with Gasteiger partial charge < -0.3 is 14.4 Å². The zero-order valence-electron chi connectivity index (χ0n) is 18.9. The van der Waals surface area contributed by atoms with E-state index in [0.29, 0.717) is 13.1 Å². The van der Waals surface area contributed by atoms with Crippen LogP contribution in [-0.4, -0.2) is 70.8 Å². The third-order valence-corrected chi connectivity index (χ3v) is 5.68. The van der Waals surface area contributed by atoms with E-state index in [1.807, 2.05) is 48.5 Å². The van der Waals surface area contributed by atoms with Gasteiger partial charge in [0.2, 0.25) is 5.69 Å². The summed E-state index contributed by atoms with van der Waals surface area (Å²) in [5.74, 6) is -0.604. The van der Waals surface area contributed by atoms with Gasteiger partial charge >= 0.3 is 5.97 Å². The van der Waals surface area contributed by atoms with Crippen LogP contribution in [0.1, 0.15) is 23.0 Å². The molecule has 172 valence electrons. The smallest absolute Gasteiger partial charge is 0.363 e. The first-order valence-electron chi connectivity index (χ1n) is 11.0. The number of hydrogen-bond donors (Lipinski definition) is 0. The van der Waals surface area contributed by atoms with Gasteiger partial charge in [-0.05, 0) is 24.6 Å². The fourth-order valence-corrected chi connectivity index (χ4v) is 3.85. The first-order valence-corrected chi connectivity index (χ1v) is 11.0. The van der Waals surface area contributed by atoms with Crippen molar-refractivity contribution < 1.29 is 19.1 Å². The Labute approximate surface area is 193 Å². The average Bonchev–Trinajstić information content (AvgIpc) is 3.30. The molecule has 1 saturated heterocycles. The monoisotopic (exact) mass is 448 g/mol. The largest absolute Gasteiger partial charge is 0.493 e.